The molecule has 0 heterocycles. The largest absolute Gasteiger partial charge is 0.453 e. The Balaban J connectivity index is 1.89. The number of carbonyl (C=O) groups excluding carboxylic acids is 1. The third-order valence-corrected chi connectivity index (χ3v) is 4.14. The molecule has 0 radical (unpaired) electrons. The van der Waals surface area contributed by atoms with E-state index in [1.54, 1.807) is 18.2 Å². The van der Waals surface area contributed by atoms with Gasteiger partial charge in [0.2, 0.25) is 0 Å². The molecular formula is C21H27FN4O2. The molecule has 0 aromatic heterocycles. The van der Waals surface area contributed by atoms with Crippen molar-refractivity contribution in [1.29, 1.82) is 0 Å². The summed E-state index contributed by atoms with van der Waals surface area (Å²) in [5.41, 5.74) is 3.74. The van der Waals surface area contributed by atoms with Gasteiger partial charge in [-0.2, -0.15) is 0 Å². The lowest BCUT2D eigenvalue weighted by Gasteiger charge is -2.12. The molecule has 0 spiro atoms. The predicted octanol–water partition coefficient (Wildman–Crippen LogP) is 3.61. The van der Waals surface area contributed by atoms with Crippen molar-refractivity contribution in [2.24, 2.45) is 4.99 Å². The molecular weight excluding hydrogens is 359 g/mol. The number of ether oxygens (including phenoxy) is 1. The van der Waals surface area contributed by atoms with Crippen LogP contribution in [0, 0.1) is 12.7 Å². The van der Waals surface area contributed by atoms with Gasteiger partial charge in [0.1, 0.15) is 5.82 Å². The summed E-state index contributed by atoms with van der Waals surface area (Å²) in [6, 6.07) is 12.3. The predicted molar refractivity (Wildman–Crippen MR) is 110 cm³/mol. The monoisotopic (exact) mass is 386 g/mol. The molecule has 0 saturated carbocycles. The highest BCUT2D eigenvalue weighted by Gasteiger charge is 2.03. The number of amides is 1. The zero-order valence-electron chi connectivity index (χ0n) is 16.5. The van der Waals surface area contributed by atoms with Gasteiger partial charge in [0.05, 0.1) is 13.7 Å². The first-order chi connectivity index (χ1) is 13.5. The number of aryl methyl sites for hydroxylation is 1. The van der Waals surface area contributed by atoms with Crippen LogP contribution in [-0.2, 0) is 17.7 Å². The Hall–Kier alpha value is -3.09. The van der Waals surface area contributed by atoms with Crippen molar-refractivity contribution in [2.75, 3.05) is 25.5 Å². The lowest BCUT2D eigenvalue weighted by atomic mass is 10.1. The molecule has 2 aromatic rings. The van der Waals surface area contributed by atoms with E-state index in [2.05, 4.69) is 25.7 Å². The van der Waals surface area contributed by atoms with Crippen molar-refractivity contribution in [2.45, 2.75) is 26.8 Å². The van der Waals surface area contributed by atoms with E-state index in [0.717, 1.165) is 35.6 Å². The quantitative estimate of drug-likeness (QED) is 0.502. The second kappa shape index (κ2) is 10.9. The van der Waals surface area contributed by atoms with Crippen LogP contribution in [0.1, 0.15) is 23.6 Å². The summed E-state index contributed by atoms with van der Waals surface area (Å²) < 4.78 is 17.8. The second-order valence-electron chi connectivity index (χ2n) is 6.26. The van der Waals surface area contributed by atoms with Gasteiger partial charge < -0.3 is 15.4 Å². The molecule has 2 aromatic carbocycles. The fourth-order valence-corrected chi connectivity index (χ4v) is 2.63. The summed E-state index contributed by atoms with van der Waals surface area (Å²) >= 11 is 0. The van der Waals surface area contributed by atoms with Gasteiger partial charge >= 0.3 is 6.09 Å². The first-order valence-corrected chi connectivity index (χ1v) is 9.23. The van der Waals surface area contributed by atoms with Crippen LogP contribution in [0.15, 0.2) is 47.5 Å². The third-order valence-electron chi connectivity index (χ3n) is 4.14. The molecule has 0 atom stereocenters. The SMILES string of the molecule is CCNC(=NCc1ccc(NC(=O)OC)cc1)NCCc1ccc(F)cc1C. The Labute approximate surface area is 165 Å². The molecule has 0 aliphatic heterocycles. The van der Waals surface area contributed by atoms with E-state index in [1.165, 1.54) is 13.2 Å². The van der Waals surface area contributed by atoms with Gasteiger partial charge in [0.25, 0.3) is 0 Å². The van der Waals surface area contributed by atoms with Gasteiger partial charge in [-0.25, -0.2) is 14.2 Å². The van der Waals surface area contributed by atoms with Gasteiger partial charge in [-0.1, -0.05) is 18.2 Å². The van der Waals surface area contributed by atoms with Gasteiger partial charge in [-0.3, -0.25) is 5.32 Å². The molecule has 0 bridgehead atoms. The van der Waals surface area contributed by atoms with E-state index in [1.807, 2.05) is 32.0 Å². The minimum Gasteiger partial charge on any atom is -0.453 e. The molecule has 0 saturated heterocycles. The van der Waals surface area contributed by atoms with E-state index in [9.17, 15) is 9.18 Å². The third kappa shape index (κ3) is 6.90. The van der Waals surface area contributed by atoms with Crippen LogP contribution >= 0.6 is 0 Å². The lowest BCUT2D eigenvalue weighted by Crippen LogP contribution is -2.38. The van der Waals surface area contributed by atoms with Gasteiger partial charge in [-0.15, -0.1) is 0 Å². The van der Waals surface area contributed by atoms with Crippen molar-refractivity contribution in [1.82, 2.24) is 10.6 Å². The number of nitrogens with zero attached hydrogens (tertiary/aromatic N) is 1. The number of hydrogen-bond acceptors (Lipinski definition) is 3. The molecule has 7 heteroatoms. The molecule has 6 nitrogen and oxygen atoms in total. The molecule has 0 fully saturated rings. The molecule has 0 unspecified atom stereocenters. The molecule has 0 aliphatic rings. The first kappa shape index (κ1) is 21.2. The summed E-state index contributed by atoms with van der Waals surface area (Å²) in [6.07, 6.45) is 0.283. The fraction of sp³-hybridized carbons (Fsp3) is 0.333. The van der Waals surface area contributed by atoms with Gasteiger partial charge in [0, 0.05) is 18.8 Å². The smallest absolute Gasteiger partial charge is 0.411 e. The average Bonchev–Trinajstić information content (AvgIpc) is 2.68. The zero-order chi connectivity index (χ0) is 20.4. The number of carbonyl (C=O) groups is 1. The Bertz CT molecular complexity index is 807. The molecule has 3 N–H and O–H groups in total. The molecule has 150 valence electrons. The number of benzene rings is 2. The second-order valence-corrected chi connectivity index (χ2v) is 6.26. The topological polar surface area (TPSA) is 74.8 Å². The number of hydrogen-bond donors (Lipinski definition) is 3. The summed E-state index contributed by atoms with van der Waals surface area (Å²) in [5, 5.41) is 9.12. The van der Waals surface area contributed by atoms with Crippen LogP contribution < -0.4 is 16.0 Å². The van der Waals surface area contributed by atoms with Crippen molar-refractivity contribution in [3.63, 3.8) is 0 Å². The van der Waals surface area contributed by atoms with E-state index >= 15 is 0 Å². The summed E-state index contributed by atoms with van der Waals surface area (Å²) in [5.74, 6) is 0.510. The van der Waals surface area contributed by atoms with E-state index in [4.69, 9.17) is 0 Å². The number of nitrogens with one attached hydrogen (secondary N) is 3. The Morgan fingerprint density at radius 3 is 2.54 bits per heavy atom. The maximum absolute atomic E-state index is 13.2. The minimum absolute atomic E-state index is 0.211. The van der Waals surface area contributed by atoms with E-state index in [0.29, 0.717) is 18.8 Å². The summed E-state index contributed by atoms with van der Waals surface area (Å²) in [7, 11) is 1.32. The van der Waals surface area contributed by atoms with Crippen molar-refractivity contribution >= 4 is 17.7 Å². The van der Waals surface area contributed by atoms with Gasteiger partial charge in [0.15, 0.2) is 5.96 Å². The van der Waals surface area contributed by atoms with Crippen molar-refractivity contribution in [3.8, 4) is 0 Å². The maximum Gasteiger partial charge on any atom is 0.411 e. The average molecular weight is 386 g/mol. The molecule has 1 amide bonds. The Morgan fingerprint density at radius 1 is 1.14 bits per heavy atom. The standard InChI is InChI=1S/C21H27FN4O2/c1-4-23-20(24-12-11-17-7-8-18(22)13-15(17)2)25-14-16-5-9-19(10-6-16)26-21(27)28-3/h5-10,13H,4,11-12,14H2,1-3H3,(H,26,27)(H2,23,24,25). The highest BCUT2D eigenvalue weighted by atomic mass is 19.1. The molecule has 0 aliphatic carbocycles. The van der Waals surface area contributed by atoms with Crippen molar-refractivity contribution in [3.05, 3.63) is 65.0 Å². The van der Waals surface area contributed by atoms with Crippen LogP contribution in [0.5, 0.6) is 0 Å². The van der Waals surface area contributed by atoms with Crippen LogP contribution in [0.25, 0.3) is 0 Å². The maximum atomic E-state index is 13.2. The van der Waals surface area contributed by atoms with Crippen LogP contribution in [-0.4, -0.2) is 32.3 Å². The number of guanidine groups is 1. The summed E-state index contributed by atoms with van der Waals surface area (Å²) in [4.78, 5) is 15.8. The van der Waals surface area contributed by atoms with E-state index in [-0.39, 0.29) is 5.82 Å². The van der Waals surface area contributed by atoms with Crippen LogP contribution in [0.3, 0.4) is 0 Å². The van der Waals surface area contributed by atoms with Gasteiger partial charge in [-0.05, 0) is 61.2 Å². The lowest BCUT2D eigenvalue weighted by molar-refractivity contribution is 0.187. The fourth-order valence-electron chi connectivity index (χ4n) is 2.63. The number of anilines is 1. The van der Waals surface area contributed by atoms with Crippen LogP contribution in [0.2, 0.25) is 0 Å². The zero-order valence-corrected chi connectivity index (χ0v) is 16.5. The number of methoxy groups -OCH3 is 1. The minimum atomic E-state index is -0.499. The normalized spacial score (nSPS) is 11.1. The molecule has 2 rings (SSSR count). The highest BCUT2D eigenvalue weighted by molar-refractivity contribution is 5.84. The van der Waals surface area contributed by atoms with Crippen molar-refractivity contribution < 1.29 is 13.9 Å². The molecule has 28 heavy (non-hydrogen) atoms. The highest BCUT2D eigenvalue weighted by Crippen LogP contribution is 2.11. The Morgan fingerprint density at radius 2 is 1.89 bits per heavy atom. The van der Waals surface area contributed by atoms with E-state index < -0.39 is 6.09 Å². The number of halogens is 1. The summed E-state index contributed by atoms with van der Waals surface area (Å²) in [6.45, 7) is 5.87. The Kier molecular flexibility index (Phi) is 8.27. The number of aliphatic imine (C=N–C) groups is 1. The first-order valence-electron chi connectivity index (χ1n) is 9.23. The number of rotatable bonds is 7. The van der Waals surface area contributed by atoms with Crippen LogP contribution in [0.4, 0.5) is 14.9 Å².